The first-order valence-corrected chi connectivity index (χ1v) is 3.55. The molecule has 0 bridgehead atoms. The van der Waals surface area contributed by atoms with Crippen LogP contribution in [0.5, 0.6) is 0 Å². The molecular formula is C5H11ClN4. The highest BCUT2D eigenvalue weighted by molar-refractivity contribution is 6.12. The van der Waals surface area contributed by atoms with E-state index in [-0.39, 0.29) is 6.17 Å². The van der Waals surface area contributed by atoms with Gasteiger partial charge < -0.3 is 0 Å². The van der Waals surface area contributed by atoms with Crippen LogP contribution < -0.4 is 16.2 Å². The minimum Gasteiger partial charge on any atom is -0.299 e. The molecule has 1 aliphatic rings. The standard InChI is InChI=1S/C5H11ClN4/c1-2-7-5-3-4-8-10(6)9-5/h3-5,7-9H,2H2,1H3. The van der Waals surface area contributed by atoms with Gasteiger partial charge in [0.05, 0.1) is 6.17 Å². The molecule has 1 aliphatic heterocycles. The molecule has 1 rings (SSSR count). The Morgan fingerprint density at radius 2 is 2.60 bits per heavy atom. The fourth-order valence-electron chi connectivity index (χ4n) is 0.741. The minimum absolute atomic E-state index is 0.128. The lowest BCUT2D eigenvalue weighted by Gasteiger charge is -2.25. The van der Waals surface area contributed by atoms with Crippen LogP contribution in [-0.2, 0) is 0 Å². The summed E-state index contributed by atoms with van der Waals surface area (Å²) >= 11 is 5.57. The summed E-state index contributed by atoms with van der Waals surface area (Å²) < 4.78 is 1.29. The third kappa shape index (κ3) is 2.15. The molecular weight excluding hydrogens is 152 g/mol. The van der Waals surface area contributed by atoms with Crippen LogP contribution in [0.15, 0.2) is 12.3 Å². The quantitative estimate of drug-likeness (QED) is 0.497. The van der Waals surface area contributed by atoms with Gasteiger partial charge in [0, 0.05) is 18.0 Å². The zero-order valence-electron chi connectivity index (χ0n) is 5.76. The third-order valence-electron chi connectivity index (χ3n) is 1.15. The summed E-state index contributed by atoms with van der Waals surface area (Å²) in [6, 6.07) is 0. The van der Waals surface area contributed by atoms with Crippen LogP contribution in [0.4, 0.5) is 0 Å². The molecule has 0 aliphatic carbocycles. The van der Waals surface area contributed by atoms with Crippen molar-refractivity contribution in [3.8, 4) is 0 Å². The maximum atomic E-state index is 5.57. The number of hydrazine groups is 2. The van der Waals surface area contributed by atoms with Gasteiger partial charge in [-0.3, -0.25) is 10.7 Å². The molecule has 0 aromatic heterocycles. The van der Waals surface area contributed by atoms with E-state index in [1.54, 1.807) is 6.20 Å². The predicted octanol–water partition coefficient (Wildman–Crippen LogP) is -0.0857. The minimum atomic E-state index is 0.128. The number of hydrogen-bond donors (Lipinski definition) is 3. The average Bonchev–Trinajstić information content (AvgIpc) is 1.88. The highest BCUT2D eigenvalue weighted by Gasteiger charge is 2.09. The highest BCUT2D eigenvalue weighted by atomic mass is 35.5. The number of nitrogens with zero attached hydrogens (tertiary/aromatic N) is 1. The summed E-state index contributed by atoms with van der Waals surface area (Å²) in [6.45, 7) is 2.95. The second kappa shape index (κ2) is 3.78. The predicted molar refractivity (Wildman–Crippen MR) is 40.6 cm³/mol. The van der Waals surface area contributed by atoms with Crippen LogP contribution >= 0.6 is 11.8 Å². The van der Waals surface area contributed by atoms with E-state index >= 15 is 0 Å². The summed E-state index contributed by atoms with van der Waals surface area (Å²) in [5.41, 5.74) is 5.64. The number of hydrogen-bond acceptors (Lipinski definition) is 4. The molecule has 0 saturated heterocycles. The van der Waals surface area contributed by atoms with Gasteiger partial charge in [-0.2, -0.15) is 0 Å². The normalized spacial score (nSPS) is 26.4. The topological polar surface area (TPSA) is 39.3 Å². The van der Waals surface area contributed by atoms with Crippen LogP contribution in [0, 0.1) is 0 Å². The van der Waals surface area contributed by atoms with E-state index in [9.17, 15) is 0 Å². The number of nitrogens with one attached hydrogen (secondary N) is 3. The van der Waals surface area contributed by atoms with Crippen molar-refractivity contribution in [1.29, 1.82) is 0 Å². The Labute approximate surface area is 65.3 Å². The van der Waals surface area contributed by atoms with Gasteiger partial charge in [0.1, 0.15) is 0 Å². The molecule has 0 aromatic rings. The molecule has 1 unspecified atom stereocenters. The van der Waals surface area contributed by atoms with Crippen LogP contribution in [0.1, 0.15) is 6.92 Å². The van der Waals surface area contributed by atoms with Crippen LogP contribution in [-0.4, -0.2) is 17.3 Å². The van der Waals surface area contributed by atoms with E-state index in [0.717, 1.165) is 6.54 Å². The maximum Gasteiger partial charge on any atom is 0.0943 e. The van der Waals surface area contributed by atoms with E-state index < -0.39 is 0 Å². The lowest BCUT2D eigenvalue weighted by molar-refractivity contribution is 0.225. The fourth-order valence-corrected chi connectivity index (χ4v) is 0.902. The Hall–Kier alpha value is -0.290. The number of halogens is 1. The summed E-state index contributed by atoms with van der Waals surface area (Å²) in [5.74, 6) is 0. The zero-order chi connectivity index (χ0) is 7.40. The van der Waals surface area contributed by atoms with Crippen molar-refractivity contribution in [3.63, 3.8) is 0 Å². The summed E-state index contributed by atoms with van der Waals surface area (Å²) in [7, 11) is 0. The molecule has 4 nitrogen and oxygen atoms in total. The molecule has 58 valence electrons. The van der Waals surface area contributed by atoms with Gasteiger partial charge >= 0.3 is 0 Å². The van der Waals surface area contributed by atoms with E-state index in [4.69, 9.17) is 11.8 Å². The van der Waals surface area contributed by atoms with Crippen LogP contribution in [0.25, 0.3) is 0 Å². The molecule has 0 fully saturated rings. The van der Waals surface area contributed by atoms with Crippen LogP contribution in [0.2, 0.25) is 0 Å². The molecule has 1 atom stereocenters. The molecule has 0 aromatic carbocycles. The number of likely N-dealkylation sites (N-methyl/N-ethyl adjacent to an activating group) is 1. The third-order valence-corrected chi connectivity index (χ3v) is 1.35. The van der Waals surface area contributed by atoms with Crippen molar-refractivity contribution in [1.82, 2.24) is 20.8 Å². The zero-order valence-corrected chi connectivity index (χ0v) is 6.52. The molecule has 3 N–H and O–H groups in total. The Morgan fingerprint density at radius 1 is 1.80 bits per heavy atom. The first kappa shape index (κ1) is 7.81. The molecule has 10 heavy (non-hydrogen) atoms. The van der Waals surface area contributed by atoms with E-state index in [0.29, 0.717) is 0 Å². The average molecular weight is 163 g/mol. The van der Waals surface area contributed by atoms with E-state index in [1.807, 2.05) is 13.0 Å². The lowest BCUT2D eigenvalue weighted by Crippen LogP contribution is -2.53. The summed E-state index contributed by atoms with van der Waals surface area (Å²) in [5, 5.41) is 3.15. The molecule has 5 heteroatoms. The lowest BCUT2D eigenvalue weighted by atomic mass is 10.4. The van der Waals surface area contributed by atoms with Crippen molar-refractivity contribution in [3.05, 3.63) is 12.3 Å². The molecule has 1 heterocycles. The fraction of sp³-hybridized carbons (Fsp3) is 0.600. The second-order valence-electron chi connectivity index (χ2n) is 1.93. The van der Waals surface area contributed by atoms with Gasteiger partial charge in [0.2, 0.25) is 0 Å². The van der Waals surface area contributed by atoms with Crippen molar-refractivity contribution in [2.45, 2.75) is 13.1 Å². The van der Waals surface area contributed by atoms with Crippen molar-refractivity contribution >= 4 is 11.8 Å². The Bertz CT molecular complexity index is 127. The van der Waals surface area contributed by atoms with Gasteiger partial charge in [-0.05, 0) is 12.6 Å². The first-order chi connectivity index (χ1) is 4.83. The van der Waals surface area contributed by atoms with Gasteiger partial charge in [-0.15, -0.1) is 0 Å². The highest BCUT2D eigenvalue weighted by Crippen LogP contribution is 1.92. The Morgan fingerprint density at radius 3 is 3.20 bits per heavy atom. The van der Waals surface area contributed by atoms with Gasteiger partial charge in [-0.25, -0.2) is 5.43 Å². The van der Waals surface area contributed by atoms with Gasteiger partial charge in [-0.1, -0.05) is 11.6 Å². The van der Waals surface area contributed by atoms with E-state index in [2.05, 4.69) is 16.2 Å². The van der Waals surface area contributed by atoms with Crippen molar-refractivity contribution in [2.24, 2.45) is 0 Å². The smallest absolute Gasteiger partial charge is 0.0943 e. The SMILES string of the molecule is CCNC1C=CNN(Cl)N1. The largest absolute Gasteiger partial charge is 0.299 e. The monoisotopic (exact) mass is 162 g/mol. The Balaban J connectivity index is 2.32. The Kier molecular flexibility index (Phi) is 2.95. The van der Waals surface area contributed by atoms with Crippen molar-refractivity contribution in [2.75, 3.05) is 6.54 Å². The van der Waals surface area contributed by atoms with E-state index in [1.165, 1.54) is 4.64 Å². The molecule has 0 amide bonds. The number of rotatable bonds is 2. The van der Waals surface area contributed by atoms with Gasteiger partial charge in [0.25, 0.3) is 0 Å². The molecule has 0 saturated carbocycles. The summed E-state index contributed by atoms with van der Waals surface area (Å²) in [6.07, 6.45) is 3.85. The van der Waals surface area contributed by atoms with Crippen molar-refractivity contribution < 1.29 is 0 Å². The maximum absolute atomic E-state index is 5.57. The first-order valence-electron chi connectivity index (χ1n) is 3.21. The molecule has 0 spiro atoms. The second-order valence-corrected chi connectivity index (χ2v) is 2.27. The van der Waals surface area contributed by atoms with Gasteiger partial charge in [0.15, 0.2) is 0 Å². The van der Waals surface area contributed by atoms with Crippen LogP contribution in [0.3, 0.4) is 0 Å². The summed E-state index contributed by atoms with van der Waals surface area (Å²) in [4.78, 5) is 0. The molecule has 0 radical (unpaired) electrons.